The van der Waals surface area contributed by atoms with Gasteiger partial charge < -0.3 is 9.15 Å². The maximum Gasteiger partial charge on any atom is 0.134 e. The molecule has 0 amide bonds. The molecule has 23 heavy (non-hydrogen) atoms. The lowest BCUT2D eigenvalue weighted by atomic mass is 9.71. The van der Waals surface area contributed by atoms with Gasteiger partial charge in [-0.25, -0.2) is 0 Å². The summed E-state index contributed by atoms with van der Waals surface area (Å²) in [5, 5.41) is 1.28. The van der Waals surface area contributed by atoms with Crippen LogP contribution >= 0.6 is 0 Å². The van der Waals surface area contributed by atoms with E-state index in [0.717, 1.165) is 23.7 Å². The van der Waals surface area contributed by atoms with Crippen molar-refractivity contribution in [3.05, 3.63) is 29.5 Å². The van der Waals surface area contributed by atoms with Gasteiger partial charge in [0.25, 0.3) is 0 Å². The van der Waals surface area contributed by atoms with Crippen molar-refractivity contribution in [3.63, 3.8) is 0 Å². The first-order valence-corrected chi connectivity index (χ1v) is 9.13. The Kier molecular flexibility index (Phi) is 3.03. The van der Waals surface area contributed by atoms with Crippen molar-refractivity contribution in [2.24, 2.45) is 5.92 Å². The maximum atomic E-state index is 6.42. The highest BCUT2D eigenvalue weighted by Gasteiger charge is 2.47. The van der Waals surface area contributed by atoms with E-state index >= 15 is 0 Å². The van der Waals surface area contributed by atoms with Crippen molar-refractivity contribution in [2.45, 2.75) is 57.0 Å². The summed E-state index contributed by atoms with van der Waals surface area (Å²) in [7, 11) is 1.74. The van der Waals surface area contributed by atoms with Gasteiger partial charge in [0.2, 0.25) is 0 Å². The van der Waals surface area contributed by atoms with Crippen LogP contribution in [0, 0.1) is 5.92 Å². The Balaban J connectivity index is 1.71. The highest BCUT2D eigenvalue weighted by atomic mass is 16.5. The molecule has 2 saturated heterocycles. The molecule has 3 heteroatoms. The van der Waals surface area contributed by atoms with Crippen LogP contribution in [0.25, 0.3) is 11.0 Å². The zero-order valence-electron chi connectivity index (χ0n) is 14.0. The summed E-state index contributed by atoms with van der Waals surface area (Å²) in [4.78, 5) is 2.82. The molecule has 1 aromatic heterocycles. The Morgan fingerprint density at radius 2 is 2.22 bits per heavy atom. The van der Waals surface area contributed by atoms with Crippen LogP contribution in [0.2, 0.25) is 0 Å². The smallest absolute Gasteiger partial charge is 0.134 e. The third kappa shape index (κ3) is 1.92. The lowest BCUT2D eigenvalue weighted by Gasteiger charge is -2.51. The van der Waals surface area contributed by atoms with E-state index in [4.69, 9.17) is 9.15 Å². The fraction of sp³-hybridized carbons (Fsp3) is 0.600. The highest BCUT2D eigenvalue weighted by molar-refractivity contribution is 5.84. The topological polar surface area (TPSA) is 25.6 Å². The van der Waals surface area contributed by atoms with Crippen molar-refractivity contribution in [2.75, 3.05) is 13.7 Å². The minimum atomic E-state index is 0.604. The van der Waals surface area contributed by atoms with E-state index in [1.807, 2.05) is 6.07 Å². The van der Waals surface area contributed by atoms with Crippen LogP contribution in [0.1, 0.15) is 49.8 Å². The number of nitrogens with zero attached hydrogens (tertiary/aromatic N) is 1. The van der Waals surface area contributed by atoms with Crippen LogP contribution in [0.3, 0.4) is 0 Å². The average Bonchev–Trinajstić information content (AvgIpc) is 2.93. The van der Waals surface area contributed by atoms with Gasteiger partial charge in [-0.2, -0.15) is 0 Å². The first kappa shape index (κ1) is 13.9. The monoisotopic (exact) mass is 311 g/mol. The molecule has 1 saturated carbocycles. The van der Waals surface area contributed by atoms with Gasteiger partial charge in [0.1, 0.15) is 17.1 Å². The maximum absolute atomic E-state index is 6.42. The molecule has 1 aromatic carbocycles. The quantitative estimate of drug-likeness (QED) is 0.825. The van der Waals surface area contributed by atoms with Crippen LogP contribution in [-0.4, -0.2) is 30.6 Å². The van der Waals surface area contributed by atoms with E-state index < -0.39 is 0 Å². The molecular weight excluding hydrogens is 286 g/mol. The predicted octanol–water partition coefficient (Wildman–Crippen LogP) is 4.34. The van der Waals surface area contributed by atoms with Crippen molar-refractivity contribution >= 4 is 11.0 Å². The third-order valence-corrected chi connectivity index (χ3v) is 6.56. The predicted molar refractivity (Wildman–Crippen MR) is 91.1 cm³/mol. The van der Waals surface area contributed by atoms with Gasteiger partial charge in [-0.15, -0.1) is 0 Å². The number of ether oxygens (including phenoxy) is 1. The Morgan fingerprint density at radius 3 is 3.00 bits per heavy atom. The summed E-state index contributed by atoms with van der Waals surface area (Å²) < 4.78 is 11.9. The van der Waals surface area contributed by atoms with Crippen LogP contribution < -0.4 is 4.74 Å². The van der Waals surface area contributed by atoms with Gasteiger partial charge in [0, 0.05) is 35.5 Å². The summed E-state index contributed by atoms with van der Waals surface area (Å²) in [6, 6.07) is 7.64. The Morgan fingerprint density at radius 1 is 1.30 bits per heavy atom. The lowest BCUT2D eigenvalue weighted by molar-refractivity contribution is -0.00184. The molecule has 0 radical (unpaired) electrons. The number of fused-ring (bicyclic) bond motifs is 4. The average molecular weight is 311 g/mol. The van der Waals surface area contributed by atoms with Crippen molar-refractivity contribution < 1.29 is 9.15 Å². The molecule has 0 spiro atoms. The Labute approximate surface area is 137 Å². The lowest BCUT2D eigenvalue weighted by Crippen LogP contribution is -2.55. The molecule has 2 aromatic rings. The molecule has 4 aliphatic rings. The van der Waals surface area contributed by atoms with Crippen LogP contribution in [0.4, 0.5) is 0 Å². The number of hydrogen-bond acceptors (Lipinski definition) is 3. The van der Waals surface area contributed by atoms with Crippen LogP contribution in [0.15, 0.2) is 22.6 Å². The fourth-order valence-corrected chi connectivity index (χ4v) is 5.46. The van der Waals surface area contributed by atoms with Crippen molar-refractivity contribution in [1.82, 2.24) is 4.90 Å². The molecule has 3 aliphatic heterocycles. The number of furan rings is 1. The molecular formula is C20H25NO2. The van der Waals surface area contributed by atoms with Crippen LogP contribution in [0.5, 0.6) is 5.75 Å². The fourth-order valence-electron chi connectivity index (χ4n) is 5.46. The minimum Gasteiger partial charge on any atom is -0.497 e. The zero-order valence-corrected chi connectivity index (χ0v) is 14.0. The summed E-state index contributed by atoms with van der Waals surface area (Å²) in [5.74, 6) is 3.70. The molecule has 3 fully saturated rings. The van der Waals surface area contributed by atoms with Gasteiger partial charge in [-0.3, -0.25) is 4.90 Å². The van der Waals surface area contributed by atoms with Gasteiger partial charge in [-0.05, 0) is 56.2 Å². The standard InChI is InChI=1S/C20H25NO2/c1-3-13-9-16-15-10-14(22-2)5-7-19(15)23-20(16)17-8-12-4-6-18(17)21(13)11-12/h5,7,10,12-13,17-18H,3-4,6,8-9,11H2,1-2H3/t12?,13-,17?,18?/m0/s1. The van der Waals surface area contributed by atoms with E-state index in [1.54, 1.807) is 7.11 Å². The summed E-state index contributed by atoms with van der Waals surface area (Å²) in [6.07, 6.45) is 6.45. The normalized spacial score (nSPS) is 35.1. The van der Waals surface area contributed by atoms with E-state index in [0.29, 0.717) is 18.0 Å². The molecule has 1 aliphatic carbocycles. The second-order valence-electron chi connectivity index (χ2n) is 7.62. The van der Waals surface area contributed by atoms with Gasteiger partial charge in [0.05, 0.1) is 7.11 Å². The number of methoxy groups -OCH3 is 1. The zero-order chi connectivity index (χ0) is 15.6. The van der Waals surface area contributed by atoms with Crippen LogP contribution in [-0.2, 0) is 6.42 Å². The van der Waals surface area contributed by atoms with Crippen molar-refractivity contribution in [3.8, 4) is 5.75 Å². The van der Waals surface area contributed by atoms with E-state index in [2.05, 4.69) is 24.0 Å². The largest absolute Gasteiger partial charge is 0.497 e. The van der Waals surface area contributed by atoms with E-state index in [-0.39, 0.29) is 0 Å². The highest BCUT2D eigenvalue weighted by Crippen LogP contribution is 2.50. The molecule has 4 bridgehead atoms. The first-order valence-electron chi connectivity index (χ1n) is 9.13. The Bertz CT molecular complexity index is 749. The first-order chi connectivity index (χ1) is 11.3. The molecule has 3 nitrogen and oxygen atoms in total. The summed E-state index contributed by atoms with van der Waals surface area (Å²) in [5.41, 5.74) is 2.51. The Hall–Kier alpha value is -1.48. The van der Waals surface area contributed by atoms with Crippen molar-refractivity contribution in [1.29, 1.82) is 0 Å². The number of rotatable bonds is 2. The molecule has 0 N–H and O–H groups in total. The third-order valence-electron chi connectivity index (χ3n) is 6.56. The number of piperidine rings is 2. The molecule has 4 unspecified atom stereocenters. The van der Waals surface area contributed by atoms with E-state index in [1.165, 1.54) is 48.9 Å². The number of benzene rings is 1. The molecule has 122 valence electrons. The van der Waals surface area contributed by atoms with Gasteiger partial charge in [0.15, 0.2) is 0 Å². The molecule has 4 heterocycles. The second kappa shape index (κ2) is 5.01. The molecule has 5 atom stereocenters. The van der Waals surface area contributed by atoms with Gasteiger partial charge >= 0.3 is 0 Å². The SMILES string of the molecule is CC[C@H]1Cc2c(oc3ccc(OC)cc23)C2CC3CCC2N1C3. The number of hydrogen-bond donors (Lipinski definition) is 0. The van der Waals surface area contributed by atoms with E-state index in [9.17, 15) is 0 Å². The second-order valence-corrected chi connectivity index (χ2v) is 7.62. The minimum absolute atomic E-state index is 0.604. The molecule has 6 rings (SSSR count). The van der Waals surface area contributed by atoms with Gasteiger partial charge in [-0.1, -0.05) is 6.92 Å². The summed E-state index contributed by atoms with van der Waals surface area (Å²) >= 11 is 0. The summed E-state index contributed by atoms with van der Waals surface area (Å²) in [6.45, 7) is 3.65.